The number of hydrogen-bond acceptors (Lipinski definition) is 3. The molecule has 35 heavy (non-hydrogen) atoms. The number of nitrogens with one attached hydrogen (secondary N) is 1. The molecule has 4 nitrogen and oxygen atoms in total. The fourth-order valence-electron chi connectivity index (χ4n) is 6.67. The number of ketones is 1. The van der Waals surface area contributed by atoms with Gasteiger partial charge in [-0.25, -0.2) is 0 Å². The first-order valence-electron chi connectivity index (χ1n) is 12.5. The Balaban J connectivity index is 1.52. The number of para-hydroxylation sites is 1. The zero-order valence-corrected chi connectivity index (χ0v) is 20.2. The number of carbonyl (C=O) groups is 2. The van der Waals surface area contributed by atoms with Crippen LogP contribution in [0.5, 0.6) is 0 Å². The van der Waals surface area contributed by atoms with Gasteiger partial charge in [0.2, 0.25) is 5.91 Å². The fraction of sp³-hybridized carbons (Fsp3) is 0.290. The predicted octanol–water partition coefficient (Wildman–Crippen LogP) is 5.61. The van der Waals surface area contributed by atoms with Gasteiger partial charge in [-0.1, -0.05) is 83.9 Å². The smallest absolute Gasteiger partial charge is 0.250 e. The molecule has 0 radical (unpaired) electrons. The molecule has 1 spiro atoms. The van der Waals surface area contributed by atoms with Crippen LogP contribution in [0, 0.1) is 19.8 Å². The van der Waals surface area contributed by atoms with E-state index in [1.54, 1.807) is 6.08 Å². The van der Waals surface area contributed by atoms with Gasteiger partial charge in [0.25, 0.3) is 0 Å². The first-order valence-corrected chi connectivity index (χ1v) is 12.5. The Hall–Kier alpha value is -3.50. The fourth-order valence-corrected chi connectivity index (χ4v) is 6.67. The van der Waals surface area contributed by atoms with E-state index >= 15 is 0 Å². The normalized spacial score (nSPS) is 27.4. The van der Waals surface area contributed by atoms with Gasteiger partial charge in [-0.05, 0) is 56.5 Å². The van der Waals surface area contributed by atoms with Crippen molar-refractivity contribution in [2.24, 2.45) is 5.92 Å². The summed E-state index contributed by atoms with van der Waals surface area (Å²) >= 11 is 0. The molecule has 3 aromatic carbocycles. The summed E-state index contributed by atoms with van der Waals surface area (Å²) in [7, 11) is 0. The minimum absolute atomic E-state index is 0.0115. The lowest BCUT2D eigenvalue weighted by Crippen LogP contribution is -2.52. The summed E-state index contributed by atoms with van der Waals surface area (Å²) in [5, 5.41) is 3.13. The van der Waals surface area contributed by atoms with Crippen molar-refractivity contribution in [1.29, 1.82) is 0 Å². The lowest BCUT2D eigenvalue weighted by atomic mass is 9.69. The third-order valence-corrected chi connectivity index (χ3v) is 8.19. The largest absolute Gasteiger partial charge is 0.324 e. The zero-order valence-electron chi connectivity index (χ0n) is 20.2. The standard InChI is InChI=1S/C31H30N2O2/c1-20-9-13-22(14-10-20)15-18-27(34)29-28(23-16-11-21(2)12-17-23)26-8-5-19-33(26)31(29)24-6-3-4-7-25(24)32-30(31)35/h3-4,6-7,9-18,26,28-29H,5,8,19H2,1-2H3,(H,32,35)/b18-15+/t26-,28-,29+,31+/m1/s1. The van der Waals surface area contributed by atoms with Crippen LogP contribution in [-0.2, 0) is 15.1 Å². The maximum atomic E-state index is 14.2. The minimum atomic E-state index is -0.984. The molecule has 4 heteroatoms. The van der Waals surface area contributed by atoms with E-state index in [9.17, 15) is 9.59 Å². The molecule has 4 atom stereocenters. The number of rotatable bonds is 4. The van der Waals surface area contributed by atoms with Crippen LogP contribution in [0.3, 0.4) is 0 Å². The van der Waals surface area contributed by atoms with Crippen LogP contribution in [0.25, 0.3) is 6.08 Å². The minimum Gasteiger partial charge on any atom is -0.324 e. The molecule has 0 unspecified atom stereocenters. The molecule has 3 aliphatic rings. The highest BCUT2D eigenvalue weighted by atomic mass is 16.2. The van der Waals surface area contributed by atoms with Gasteiger partial charge in [0.1, 0.15) is 5.54 Å². The van der Waals surface area contributed by atoms with Crippen LogP contribution in [0.15, 0.2) is 78.9 Å². The number of hydrogen-bond donors (Lipinski definition) is 1. The average Bonchev–Trinajstić information content (AvgIpc) is 3.52. The first kappa shape index (κ1) is 22.0. The highest BCUT2D eigenvalue weighted by molar-refractivity contribution is 6.11. The molecule has 176 valence electrons. The molecule has 0 bridgehead atoms. The summed E-state index contributed by atoms with van der Waals surface area (Å²) in [6.07, 6.45) is 5.62. The number of nitrogens with zero attached hydrogens (tertiary/aromatic N) is 1. The van der Waals surface area contributed by atoms with Gasteiger partial charge in [0.15, 0.2) is 5.78 Å². The Kier molecular flexibility index (Phi) is 5.23. The van der Waals surface area contributed by atoms with Crippen molar-refractivity contribution in [1.82, 2.24) is 4.90 Å². The molecule has 3 aromatic rings. The van der Waals surface area contributed by atoms with Gasteiger partial charge in [-0.15, -0.1) is 0 Å². The number of allylic oxidation sites excluding steroid dienone is 1. The first-order chi connectivity index (χ1) is 17.0. The van der Waals surface area contributed by atoms with Crippen molar-refractivity contribution >= 4 is 23.5 Å². The van der Waals surface area contributed by atoms with E-state index in [1.165, 1.54) is 11.1 Å². The topological polar surface area (TPSA) is 49.4 Å². The Bertz CT molecular complexity index is 1320. The molecule has 0 saturated carbocycles. The maximum Gasteiger partial charge on any atom is 0.250 e. The zero-order chi connectivity index (χ0) is 24.2. The number of benzene rings is 3. The van der Waals surface area contributed by atoms with Crippen LogP contribution in [0.4, 0.5) is 5.69 Å². The highest BCUT2D eigenvalue weighted by Gasteiger charge is 2.68. The third kappa shape index (κ3) is 3.31. The van der Waals surface area contributed by atoms with Crippen molar-refractivity contribution < 1.29 is 9.59 Å². The molecule has 2 fully saturated rings. The number of fused-ring (bicyclic) bond motifs is 4. The summed E-state index contributed by atoms with van der Waals surface area (Å²) in [6, 6.07) is 24.7. The molecule has 2 saturated heterocycles. The molecular weight excluding hydrogens is 432 g/mol. The van der Waals surface area contributed by atoms with Crippen molar-refractivity contribution in [2.45, 2.75) is 44.2 Å². The van der Waals surface area contributed by atoms with Gasteiger partial charge in [0, 0.05) is 23.2 Å². The van der Waals surface area contributed by atoms with Gasteiger partial charge < -0.3 is 5.32 Å². The maximum absolute atomic E-state index is 14.2. The van der Waals surface area contributed by atoms with Gasteiger partial charge in [-0.2, -0.15) is 0 Å². The molecule has 6 rings (SSSR count). The second-order valence-corrected chi connectivity index (χ2v) is 10.2. The monoisotopic (exact) mass is 462 g/mol. The van der Waals surface area contributed by atoms with E-state index < -0.39 is 11.5 Å². The summed E-state index contributed by atoms with van der Waals surface area (Å²) in [5.74, 6) is -0.606. The van der Waals surface area contributed by atoms with E-state index in [0.717, 1.165) is 41.8 Å². The van der Waals surface area contributed by atoms with Crippen LogP contribution in [-0.4, -0.2) is 29.2 Å². The summed E-state index contributed by atoms with van der Waals surface area (Å²) < 4.78 is 0. The van der Waals surface area contributed by atoms with Crippen LogP contribution in [0.1, 0.15) is 46.6 Å². The summed E-state index contributed by atoms with van der Waals surface area (Å²) in [6.45, 7) is 4.95. The van der Waals surface area contributed by atoms with E-state index in [-0.39, 0.29) is 23.7 Å². The molecular formula is C31H30N2O2. The molecule has 0 aromatic heterocycles. The Morgan fingerprint density at radius 2 is 1.66 bits per heavy atom. The van der Waals surface area contributed by atoms with Crippen LogP contribution in [0.2, 0.25) is 0 Å². The number of amides is 1. The molecule has 3 aliphatic heterocycles. The van der Waals surface area contributed by atoms with E-state index in [0.29, 0.717) is 0 Å². The van der Waals surface area contributed by atoms with Gasteiger partial charge >= 0.3 is 0 Å². The molecule has 0 aliphatic carbocycles. The Morgan fingerprint density at radius 1 is 0.971 bits per heavy atom. The third-order valence-electron chi connectivity index (χ3n) is 8.19. The molecule has 1 amide bonds. The van der Waals surface area contributed by atoms with Crippen molar-refractivity contribution in [3.8, 4) is 0 Å². The van der Waals surface area contributed by atoms with Crippen LogP contribution >= 0.6 is 0 Å². The van der Waals surface area contributed by atoms with Gasteiger partial charge in [0.05, 0.1) is 5.92 Å². The molecule has 1 N–H and O–H groups in total. The van der Waals surface area contributed by atoms with Crippen molar-refractivity contribution in [3.05, 3.63) is 107 Å². The summed E-state index contributed by atoms with van der Waals surface area (Å²) in [5.41, 5.74) is 5.28. The van der Waals surface area contributed by atoms with E-state index in [4.69, 9.17) is 0 Å². The second-order valence-electron chi connectivity index (χ2n) is 10.2. The predicted molar refractivity (Wildman–Crippen MR) is 139 cm³/mol. The lowest BCUT2D eigenvalue weighted by Gasteiger charge is -2.36. The second kappa shape index (κ2) is 8.31. The average molecular weight is 463 g/mol. The SMILES string of the molecule is Cc1ccc(/C=C/C(=O)[C@H]2[C@H](c3ccc(C)cc3)[C@H]3CCCN3[C@]23C(=O)Nc2ccccc23)cc1. The lowest BCUT2D eigenvalue weighted by molar-refractivity contribution is -0.134. The summed E-state index contributed by atoms with van der Waals surface area (Å²) in [4.78, 5) is 30.5. The van der Waals surface area contributed by atoms with Gasteiger partial charge in [-0.3, -0.25) is 14.5 Å². The number of carbonyl (C=O) groups excluding carboxylic acids is 2. The van der Waals surface area contributed by atoms with Crippen molar-refractivity contribution in [3.63, 3.8) is 0 Å². The van der Waals surface area contributed by atoms with Crippen LogP contribution < -0.4 is 5.32 Å². The highest BCUT2D eigenvalue weighted by Crippen LogP contribution is 2.60. The number of aryl methyl sites for hydroxylation is 2. The van der Waals surface area contributed by atoms with E-state index in [2.05, 4.69) is 48.3 Å². The van der Waals surface area contributed by atoms with E-state index in [1.807, 2.05) is 54.6 Å². The molecule has 3 heterocycles. The quantitative estimate of drug-likeness (QED) is 0.513. The Morgan fingerprint density at radius 3 is 2.40 bits per heavy atom. The van der Waals surface area contributed by atoms with Crippen molar-refractivity contribution in [2.75, 3.05) is 11.9 Å². The number of anilines is 1. The Labute approximate surface area is 206 Å².